The van der Waals surface area contributed by atoms with Crippen LogP contribution in [0.2, 0.25) is 0 Å². The number of aliphatic hydroxyl groups is 1. The Labute approximate surface area is 117 Å². The summed E-state index contributed by atoms with van der Waals surface area (Å²) >= 11 is 0. The van der Waals surface area contributed by atoms with Gasteiger partial charge in [-0.3, -0.25) is 0 Å². The third-order valence-corrected chi connectivity index (χ3v) is 5.00. The highest BCUT2D eigenvalue weighted by Gasteiger charge is 2.37. The molecule has 2 rings (SSSR count). The molecular weight excluding hydrogens is 236 g/mol. The highest BCUT2D eigenvalue weighted by Crippen LogP contribution is 2.42. The Kier molecular flexibility index (Phi) is 4.34. The minimum atomic E-state index is -0.125. The molecule has 0 bridgehead atoms. The quantitative estimate of drug-likeness (QED) is 0.907. The zero-order valence-electron chi connectivity index (χ0n) is 12.8. The molecule has 3 nitrogen and oxygen atoms in total. The fraction of sp³-hybridized carbons (Fsp3) is 0.812. The van der Waals surface area contributed by atoms with Gasteiger partial charge >= 0.3 is 0 Å². The van der Waals surface area contributed by atoms with E-state index in [9.17, 15) is 5.11 Å². The zero-order valence-corrected chi connectivity index (χ0v) is 12.8. The first-order valence-corrected chi connectivity index (χ1v) is 7.54. The number of rotatable bonds is 4. The van der Waals surface area contributed by atoms with Crippen molar-refractivity contribution in [2.45, 2.75) is 59.0 Å². The van der Waals surface area contributed by atoms with Gasteiger partial charge in [0.1, 0.15) is 5.82 Å². The molecular formula is C16H28N2O. The van der Waals surface area contributed by atoms with E-state index in [0.717, 1.165) is 31.5 Å². The molecule has 1 aliphatic rings. The summed E-state index contributed by atoms with van der Waals surface area (Å²) in [6, 6.07) is 0. The standard InChI is InChI=1S/C16H28N2O/c1-12-5-6-13(14(19)11-12)16(2,3)8-7-15-17-9-10-18(15)4/h9-10,12-14,19H,5-8,11H2,1-4H3. The predicted molar refractivity (Wildman–Crippen MR) is 77.8 cm³/mol. The van der Waals surface area contributed by atoms with E-state index < -0.39 is 0 Å². The van der Waals surface area contributed by atoms with E-state index in [0.29, 0.717) is 11.8 Å². The lowest BCUT2D eigenvalue weighted by molar-refractivity contribution is -0.0160. The van der Waals surface area contributed by atoms with Gasteiger partial charge in [-0.1, -0.05) is 27.2 Å². The number of hydrogen-bond acceptors (Lipinski definition) is 2. The first-order valence-electron chi connectivity index (χ1n) is 7.54. The zero-order chi connectivity index (χ0) is 14.0. The lowest BCUT2D eigenvalue weighted by atomic mass is 9.65. The van der Waals surface area contributed by atoms with Crippen LogP contribution in [0.5, 0.6) is 0 Å². The molecule has 1 aliphatic carbocycles. The summed E-state index contributed by atoms with van der Waals surface area (Å²) in [5, 5.41) is 10.4. The second kappa shape index (κ2) is 5.66. The molecule has 1 aromatic heterocycles. The smallest absolute Gasteiger partial charge is 0.108 e. The second-order valence-corrected chi connectivity index (χ2v) is 7.04. The monoisotopic (exact) mass is 264 g/mol. The maximum Gasteiger partial charge on any atom is 0.108 e. The van der Waals surface area contributed by atoms with Crippen molar-refractivity contribution in [2.75, 3.05) is 0 Å². The third-order valence-electron chi connectivity index (χ3n) is 5.00. The summed E-state index contributed by atoms with van der Waals surface area (Å²) in [7, 11) is 2.05. The van der Waals surface area contributed by atoms with Gasteiger partial charge in [-0.05, 0) is 36.5 Å². The van der Waals surface area contributed by atoms with Crippen molar-refractivity contribution in [3.05, 3.63) is 18.2 Å². The molecule has 1 saturated carbocycles. The Morgan fingerprint density at radius 2 is 2.16 bits per heavy atom. The molecule has 0 spiro atoms. The van der Waals surface area contributed by atoms with Crippen LogP contribution in [-0.2, 0) is 13.5 Å². The van der Waals surface area contributed by atoms with Crippen LogP contribution < -0.4 is 0 Å². The van der Waals surface area contributed by atoms with Gasteiger partial charge in [0.05, 0.1) is 6.10 Å². The molecule has 0 aromatic carbocycles. The largest absolute Gasteiger partial charge is 0.393 e. The molecule has 3 heteroatoms. The summed E-state index contributed by atoms with van der Waals surface area (Å²) in [6.45, 7) is 6.86. The number of hydrogen-bond donors (Lipinski definition) is 1. The van der Waals surface area contributed by atoms with Crippen molar-refractivity contribution >= 4 is 0 Å². The Morgan fingerprint density at radius 1 is 1.42 bits per heavy atom. The fourth-order valence-electron chi connectivity index (χ4n) is 3.52. The van der Waals surface area contributed by atoms with Gasteiger partial charge in [-0.15, -0.1) is 0 Å². The van der Waals surface area contributed by atoms with Crippen molar-refractivity contribution < 1.29 is 5.11 Å². The second-order valence-electron chi connectivity index (χ2n) is 7.04. The van der Waals surface area contributed by atoms with Crippen LogP contribution >= 0.6 is 0 Å². The Hall–Kier alpha value is -0.830. The number of aromatic nitrogens is 2. The van der Waals surface area contributed by atoms with E-state index in [1.807, 2.05) is 19.4 Å². The first-order chi connectivity index (χ1) is 8.90. The normalized spacial score (nSPS) is 28.6. The van der Waals surface area contributed by atoms with Crippen molar-refractivity contribution in [2.24, 2.45) is 24.3 Å². The molecule has 1 heterocycles. The Balaban J connectivity index is 1.96. The minimum Gasteiger partial charge on any atom is -0.393 e. The molecule has 1 aromatic rings. The highest BCUT2D eigenvalue weighted by molar-refractivity contribution is 4.95. The van der Waals surface area contributed by atoms with Crippen LogP contribution in [0.15, 0.2) is 12.4 Å². The maximum atomic E-state index is 10.4. The van der Waals surface area contributed by atoms with Gasteiger partial charge in [0, 0.05) is 25.9 Å². The minimum absolute atomic E-state index is 0.125. The van der Waals surface area contributed by atoms with E-state index in [1.165, 1.54) is 6.42 Å². The topological polar surface area (TPSA) is 38.0 Å². The van der Waals surface area contributed by atoms with Crippen LogP contribution in [0.4, 0.5) is 0 Å². The van der Waals surface area contributed by atoms with E-state index in [-0.39, 0.29) is 11.5 Å². The van der Waals surface area contributed by atoms with Gasteiger partial charge in [-0.25, -0.2) is 4.98 Å². The van der Waals surface area contributed by atoms with Crippen molar-refractivity contribution in [3.63, 3.8) is 0 Å². The average Bonchev–Trinajstić information content (AvgIpc) is 2.72. The molecule has 108 valence electrons. The van der Waals surface area contributed by atoms with Crippen molar-refractivity contribution in [1.29, 1.82) is 0 Å². The molecule has 1 fully saturated rings. The number of aliphatic hydroxyl groups excluding tert-OH is 1. The van der Waals surface area contributed by atoms with Crippen LogP contribution in [0.1, 0.15) is 52.3 Å². The summed E-state index contributed by atoms with van der Waals surface area (Å²) in [5.41, 5.74) is 0.186. The summed E-state index contributed by atoms with van der Waals surface area (Å²) in [4.78, 5) is 4.40. The van der Waals surface area contributed by atoms with Crippen molar-refractivity contribution in [3.8, 4) is 0 Å². The van der Waals surface area contributed by atoms with Gasteiger partial charge in [0.2, 0.25) is 0 Å². The molecule has 19 heavy (non-hydrogen) atoms. The van der Waals surface area contributed by atoms with E-state index in [2.05, 4.69) is 30.3 Å². The van der Waals surface area contributed by atoms with E-state index >= 15 is 0 Å². The third kappa shape index (κ3) is 3.38. The molecule has 3 atom stereocenters. The Bertz CT molecular complexity index is 411. The van der Waals surface area contributed by atoms with Crippen LogP contribution in [0.25, 0.3) is 0 Å². The molecule has 3 unspecified atom stereocenters. The van der Waals surface area contributed by atoms with E-state index in [4.69, 9.17) is 0 Å². The highest BCUT2D eigenvalue weighted by atomic mass is 16.3. The van der Waals surface area contributed by atoms with Gasteiger partial charge in [-0.2, -0.15) is 0 Å². The first kappa shape index (κ1) is 14.6. The lowest BCUT2D eigenvalue weighted by Crippen LogP contribution is -2.39. The number of aryl methyl sites for hydroxylation is 2. The van der Waals surface area contributed by atoms with Gasteiger partial charge < -0.3 is 9.67 Å². The number of imidazole rings is 1. The molecule has 0 saturated heterocycles. The SMILES string of the molecule is CC1CCC(C(C)(C)CCc2nccn2C)C(O)C1. The molecule has 1 N–H and O–H groups in total. The van der Waals surface area contributed by atoms with Crippen LogP contribution in [0, 0.1) is 17.3 Å². The average molecular weight is 264 g/mol. The van der Waals surface area contributed by atoms with Crippen molar-refractivity contribution in [1.82, 2.24) is 9.55 Å². The van der Waals surface area contributed by atoms with Crippen LogP contribution in [-0.4, -0.2) is 20.8 Å². The molecule has 0 aliphatic heterocycles. The lowest BCUT2D eigenvalue weighted by Gasteiger charge is -2.42. The molecule has 0 amide bonds. The van der Waals surface area contributed by atoms with E-state index in [1.54, 1.807) is 0 Å². The Morgan fingerprint density at radius 3 is 2.74 bits per heavy atom. The number of nitrogens with zero attached hydrogens (tertiary/aromatic N) is 2. The molecule has 0 radical (unpaired) electrons. The summed E-state index contributed by atoms with van der Waals surface area (Å²) in [6.07, 6.45) is 9.21. The van der Waals surface area contributed by atoms with Gasteiger partial charge in [0.15, 0.2) is 0 Å². The maximum absolute atomic E-state index is 10.4. The van der Waals surface area contributed by atoms with Gasteiger partial charge in [0.25, 0.3) is 0 Å². The predicted octanol–water partition coefficient (Wildman–Crippen LogP) is 3.18. The fourth-order valence-corrected chi connectivity index (χ4v) is 3.52. The van der Waals surface area contributed by atoms with Crippen LogP contribution in [0.3, 0.4) is 0 Å². The summed E-state index contributed by atoms with van der Waals surface area (Å²) in [5.74, 6) is 2.26. The summed E-state index contributed by atoms with van der Waals surface area (Å²) < 4.78 is 2.09.